The largest absolute Gasteiger partial charge is 0.481 e. The smallest absolute Gasteiger partial charge is 0.341 e. The normalized spacial score (nSPS) is 14.3. The number of aliphatic carboxylic acids is 1. The quantitative estimate of drug-likeness (QED) is 0.828. The summed E-state index contributed by atoms with van der Waals surface area (Å²) in [7, 11) is 0. The van der Waals surface area contributed by atoms with Gasteiger partial charge >= 0.3 is 5.97 Å². The minimum atomic E-state index is -1.06. The van der Waals surface area contributed by atoms with Crippen molar-refractivity contribution in [2.75, 3.05) is 25.0 Å². The maximum atomic E-state index is 12.4. The zero-order valence-electron chi connectivity index (χ0n) is 14.2. The predicted octanol–water partition coefficient (Wildman–Crippen LogP) is 2.25. The van der Waals surface area contributed by atoms with Crippen molar-refractivity contribution in [2.24, 2.45) is 0 Å². The molecule has 2 amide bonds. The molecule has 0 spiro atoms. The van der Waals surface area contributed by atoms with E-state index < -0.39 is 12.6 Å². The van der Waals surface area contributed by atoms with Gasteiger partial charge in [0.2, 0.25) is 11.8 Å². The molecule has 7 nitrogen and oxygen atoms in total. The molecule has 1 saturated heterocycles. The van der Waals surface area contributed by atoms with Gasteiger partial charge in [0.15, 0.2) is 6.61 Å². The molecule has 136 valence electrons. The SMILES string of the molecule is O=C(O)COc1ccc(NC(=O)CN2CCCCC2=O)c2ccccc12. The fraction of sp³-hybridized carbons (Fsp3) is 0.316. The van der Waals surface area contributed by atoms with E-state index in [1.807, 2.05) is 18.2 Å². The lowest BCUT2D eigenvalue weighted by molar-refractivity contribution is -0.139. The number of nitrogens with one attached hydrogen (secondary N) is 1. The van der Waals surface area contributed by atoms with Gasteiger partial charge in [0.1, 0.15) is 5.75 Å². The number of hydrogen-bond acceptors (Lipinski definition) is 4. The van der Waals surface area contributed by atoms with E-state index in [-0.39, 0.29) is 18.4 Å². The molecule has 2 N–H and O–H groups in total. The van der Waals surface area contributed by atoms with Gasteiger partial charge in [-0.1, -0.05) is 24.3 Å². The van der Waals surface area contributed by atoms with Crippen LogP contribution in [0.1, 0.15) is 19.3 Å². The topological polar surface area (TPSA) is 95.9 Å². The van der Waals surface area contributed by atoms with Crippen LogP contribution in [0.3, 0.4) is 0 Å². The average molecular weight is 356 g/mol. The van der Waals surface area contributed by atoms with Crippen molar-refractivity contribution in [1.82, 2.24) is 4.90 Å². The minimum absolute atomic E-state index is 0.00803. The third-order valence-electron chi connectivity index (χ3n) is 4.27. The van der Waals surface area contributed by atoms with E-state index in [0.717, 1.165) is 18.2 Å². The van der Waals surface area contributed by atoms with Crippen LogP contribution in [-0.2, 0) is 14.4 Å². The number of carboxylic acid groups (broad SMARTS) is 1. The third kappa shape index (κ3) is 4.11. The zero-order valence-corrected chi connectivity index (χ0v) is 14.2. The molecule has 0 saturated carbocycles. The molecule has 0 atom stereocenters. The Hall–Kier alpha value is -3.09. The Kier molecular flexibility index (Phi) is 5.36. The van der Waals surface area contributed by atoms with Crippen LogP contribution in [-0.4, -0.2) is 47.5 Å². The first-order chi connectivity index (χ1) is 12.5. The predicted molar refractivity (Wildman–Crippen MR) is 96.1 cm³/mol. The molecule has 2 aromatic rings. The van der Waals surface area contributed by atoms with Crippen LogP contribution in [0.25, 0.3) is 10.8 Å². The number of benzene rings is 2. The monoisotopic (exact) mass is 356 g/mol. The van der Waals surface area contributed by atoms with Crippen LogP contribution in [0.15, 0.2) is 36.4 Å². The third-order valence-corrected chi connectivity index (χ3v) is 4.27. The molecule has 0 unspecified atom stereocenters. The number of likely N-dealkylation sites (tertiary alicyclic amines) is 1. The summed E-state index contributed by atoms with van der Waals surface area (Å²) < 4.78 is 5.31. The van der Waals surface area contributed by atoms with Crippen LogP contribution >= 0.6 is 0 Å². The van der Waals surface area contributed by atoms with E-state index in [1.54, 1.807) is 23.1 Å². The van der Waals surface area contributed by atoms with Gasteiger partial charge in [0.25, 0.3) is 0 Å². The molecule has 7 heteroatoms. The van der Waals surface area contributed by atoms with E-state index in [2.05, 4.69) is 5.32 Å². The van der Waals surface area contributed by atoms with Crippen molar-refractivity contribution >= 4 is 34.2 Å². The maximum Gasteiger partial charge on any atom is 0.341 e. The van der Waals surface area contributed by atoms with Gasteiger partial charge in [-0.3, -0.25) is 9.59 Å². The molecular weight excluding hydrogens is 336 g/mol. The standard InChI is InChI=1S/C19H20N2O5/c22-17(11-21-10-4-3-7-18(21)23)20-15-8-9-16(26-12-19(24)25)14-6-2-1-5-13(14)15/h1-2,5-6,8-9H,3-4,7,10-12H2,(H,20,22)(H,24,25). The second-order valence-corrected chi connectivity index (χ2v) is 6.16. The molecule has 0 aromatic heterocycles. The number of piperidine rings is 1. The Morgan fingerprint density at radius 3 is 2.62 bits per heavy atom. The summed E-state index contributed by atoms with van der Waals surface area (Å²) in [6.45, 7) is 0.201. The highest BCUT2D eigenvalue weighted by Gasteiger charge is 2.20. The lowest BCUT2D eigenvalue weighted by Gasteiger charge is -2.26. The molecule has 0 radical (unpaired) electrons. The summed E-state index contributed by atoms with van der Waals surface area (Å²) in [6.07, 6.45) is 2.28. The number of ether oxygens (including phenoxy) is 1. The Morgan fingerprint density at radius 2 is 1.88 bits per heavy atom. The summed E-state index contributed by atoms with van der Waals surface area (Å²) in [6, 6.07) is 10.6. The molecule has 1 fully saturated rings. The molecule has 1 heterocycles. The number of nitrogens with zero attached hydrogens (tertiary/aromatic N) is 1. The van der Waals surface area contributed by atoms with Crippen molar-refractivity contribution in [3.63, 3.8) is 0 Å². The van der Waals surface area contributed by atoms with E-state index in [9.17, 15) is 14.4 Å². The molecule has 26 heavy (non-hydrogen) atoms. The number of fused-ring (bicyclic) bond motifs is 1. The van der Waals surface area contributed by atoms with Crippen LogP contribution in [0.2, 0.25) is 0 Å². The first kappa shape index (κ1) is 17.7. The van der Waals surface area contributed by atoms with Crippen LogP contribution in [0.5, 0.6) is 5.75 Å². The van der Waals surface area contributed by atoms with Gasteiger partial charge in [-0.2, -0.15) is 0 Å². The number of amides is 2. The van der Waals surface area contributed by atoms with Crippen molar-refractivity contribution in [3.8, 4) is 5.75 Å². The zero-order chi connectivity index (χ0) is 18.5. The molecule has 3 rings (SSSR count). The van der Waals surface area contributed by atoms with Crippen molar-refractivity contribution < 1.29 is 24.2 Å². The molecule has 2 aromatic carbocycles. The Morgan fingerprint density at radius 1 is 1.12 bits per heavy atom. The maximum absolute atomic E-state index is 12.4. The van der Waals surface area contributed by atoms with E-state index >= 15 is 0 Å². The fourth-order valence-electron chi connectivity index (χ4n) is 3.04. The van der Waals surface area contributed by atoms with Crippen molar-refractivity contribution in [3.05, 3.63) is 36.4 Å². The Balaban J connectivity index is 1.77. The first-order valence-corrected chi connectivity index (χ1v) is 8.48. The highest BCUT2D eigenvalue weighted by Crippen LogP contribution is 2.31. The molecule has 1 aliphatic rings. The summed E-state index contributed by atoms with van der Waals surface area (Å²) in [4.78, 5) is 36.5. The Bertz CT molecular complexity index is 849. The summed E-state index contributed by atoms with van der Waals surface area (Å²) >= 11 is 0. The molecule has 0 aliphatic carbocycles. The highest BCUT2D eigenvalue weighted by atomic mass is 16.5. The fourth-order valence-corrected chi connectivity index (χ4v) is 3.04. The van der Waals surface area contributed by atoms with Gasteiger partial charge in [-0.15, -0.1) is 0 Å². The molecule has 0 bridgehead atoms. The second-order valence-electron chi connectivity index (χ2n) is 6.16. The van der Waals surface area contributed by atoms with E-state index in [0.29, 0.717) is 29.8 Å². The van der Waals surface area contributed by atoms with Crippen LogP contribution < -0.4 is 10.1 Å². The molecular formula is C19H20N2O5. The number of carboxylic acids is 1. The number of anilines is 1. The van der Waals surface area contributed by atoms with Gasteiger partial charge in [0, 0.05) is 29.4 Å². The van der Waals surface area contributed by atoms with E-state index in [4.69, 9.17) is 9.84 Å². The van der Waals surface area contributed by atoms with E-state index in [1.165, 1.54) is 0 Å². The van der Waals surface area contributed by atoms with Crippen LogP contribution in [0, 0.1) is 0 Å². The lowest BCUT2D eigenvalue weighted by Crippen LogP contribution is -2.40. The first-order valence-electron chi connectivity index (χ1n) is 8.48. The summed E-state index contributed by atoms with van der Waals surface area (Å²) in [5.74, 6) is -0.872. The number of carbonyl (C=O) groups is 3. The van der Waals surface area contributed by atoms with Gasteiger partial charge in [-0.05, 0) is 25.0 Å². The Labute approximate surface area is 150 Å². The van der Waals surface area contributed by atoms with Crippen LogP contribution in [0.4, 0.5) is 5.69 Å². The van der Waals surface area contributed by atoms with Gasteiger partial charge in [-0.25, -0.2) is 4.79 Å². The average Bonchev–Trinajstić information content (AvgIpc) is 2.63. The number of hydrogen-bond donors (Lipinski definition) is 2. The van der Waals surface area contributed by atoms with Crippen molar-refractivity contribution in [2.45, 2.75) is 19.3 Å². The number of carbonyl (C=O) groups excluding carboxylic acids is 2. The molecule has 1 aliphatic heterocycles. The minimum Gasteiger partial charge on any atom is -0.481 e. The van der Waals surface area contributed by atoms with Gasteiger partial charge < -0.3 is 20.1 Å². The second kappa shape index (κ2) is 7.86. The summed E-state index contributed by atoms with van der Waals surface area (Å²) in [5, 5.41) is 13.1. The van der Waals surface area contributed by atoms with Crippen molar-refractivity contribution in [1.29, 1.82) is 0 Å². The van der Waals surface area contributed by atoms with Gasteiger partial charge in [0.05, 0.1) is 6.54 Å². The number of rotatable bonds is 6. The highest BCUT2D eigenvalue weighted by molar-refractivity contribution is 6.05. The lowest BCUT2D eigenvalue weighted by atomic mass is 10.1. The summed E-state index contributed by atoms with van der Waals surface area (Å²) in [5.41, 5.74) is 0.595.